The molecule has 0 radical (unpaired) electrons. The molecule has 1 N–H and O–H groups in total. The molecule has 1 unspecified atom stereocenters. The number of carbonyl (C=O) groups is 1. The lowest BCUT2D eigenvalue weighted by Gasteiger charge is -2.32. The number of carbonyl (C=O) groups excluding carboxylic acids is 1. The van der Waals surface area contributed by atoms with E-state index in [0.29, 0.717) is 12.5 Å². The van der Waals surface area contributed by atoms with Crippen LogP contribution in [0.25, 0.3) is 0 Å². The standard InChI is InChI=1S/C21H29N3O2S/c1-23(14-17-7-9-19(26-2)10-8-17)21(25)22-13-18-5-3-11-24(15-18)16-20-6-4-12-27-20/h4,6-10,12,18H,3,5,11,13-16H2,1-2H3,(H,22,25). The average Bonchev–Trinajstić information content (AvgIpc) is 3.20. The Kier molecular flexibility index (Phi) is 7.12. The number of piperidine rings is 1. The minimum absolute atomic E-state index is 0.0128. The van der Waals surface area contributed by atoms with Gasteiger partial charge in [-0.25, -0.2) is 4.79 Å². The molecule has 1 atom stereocenters. The fourth-order valence-electron chi connectivity index (χ4n) is 3.53. The van der Waals surface area contributed by atoms with Crippen LogP contribution in [0.15, 0.2) is 41.8 Å². The lowest BCUT2D eigenvalue weighted by Crippen LogP contribution is -2.43. The van der Waals surface area contributed by atoms with Gasteiger partial charge in [-0.3, -0.25) is 4.90 Å². The molecule has 5 nitrogen and oxygen atoms in total. The van der Waals surface area contributed by atoms with Gasteiger partial charge in [0.05, 0.1) is 7.11 Å². The predicted octanol–water partition coefficient (Wildman–Crippen LogP) is 3.81. The highest BCUT2D eigenvalue weighted by Crippen LogP contribution is 2.20. The second-order valence-electron chi connectivity index (χ2n) is 7.21. The number of rotatable bonds is 7. The van der Waals surface area contributed by atoms with Gasteiger partial charge in [0.25, 0.3) is 0 Å². The van der Waals surface area contributed by atoms with Crippen molar-refractivity contribution in [2.45, 2.75) is 25.9 Å². The summed E-state index contributed by atoms with van der Waals surface area (Å²) in [6, 6.07) is 12.1. The Morgan fingerprint density at radius 3 is 2.85 bits per heavy atom. The van der Waals surface area contributed by atoms with E-state index in [1.807, 2.05) is 42.6 Å². The third-order valence-corrected chi connectivity index (χ3v) is 5.89. The van der Waals surface area contributed by atoms with Crippen LogP contribution in [0.2, 0.25) is 0 Å². The van der Waals surface area contributed by atoms with E-state index in [2.05, 4.69) is 27.7 Å². The van der Waals surface area contributed by atoms with Gasteiger partial charge in [0.15, 0.2) is 0 Å². The summed E-state index contributed by atoms with van der Waals surface area (Å²) in [5.41, 5.74) is 1.09. The first kappa shape index (κ1) is 19.7. The van der Waals surface area contributed by atoms with Crippen LogP contribution in [0.1, 0.15) is 23.3 Å². The van der Waals surface area contributed by atoms with Crippen molar-refractivity contribution < 1.29 is 9.53 Å². The van der Waals surface area contributed by atoms with Gasteiger partial charge < -0.3 is 15.0 Å². The molecule has 6 heteroatoms. The smallest absolute Gasteiger partial charge is 0.317 e. The fraction of sp³-hybridized carbons (Fsp3) is 0.476. The number of methoxy groups -OCH3 is 1. The van der Waals surface area contributed by atoms with Gasteiger partial charge >= 0.3 is 6.03 Å². The van der Waals surface area contributed by atoms with E-state index in [-0.39, 0.29) is 6.03 Å². The Balaban J connectivity index is 1.42. The van der Waals surface area contributed by atoms with Crippen LogP contribution in [0.5, 0.6) is 5.75 Å². The average molecular weight is 388 g/mol. The quantitative estimate of drug-likeness (QED) is 0.786. The highest BCUT2D eigenvalue weighted by Gasteiger charge is 2.21. The Labute approximate surface area is 165 Å². The molecular formula is C21H29N3O2S. The molecule has 1 aromatic heterocycles. The van der Waals surface area contributed by atoms with Gasteiger partial charge in [-0.2, -0.15) is 0 Å². The molecule has 2 aromatic rings. The second-order valence-corrected chi connectivity index (χ2v) is 8.25. The van der Waals surface area contributed by atoms with E-state index in [1.54, 1.807) is 12.0 Å². The van der Waals surface area contributed by atoms with E-state index >= 15 is 0 Å². The number of thiophene rings is 1. The van der Waals surface area contributed by atoms with Gasteiger partial charge in [-0.05, 0) is 54.4 Å². The lowest BCUT2D eigenvalue weighted by molar-refractivity contribution is 0.162. The molecule has 1 aromatic carbocycles. The number of ether oxygens (including phenoxy) is 1. The molecule has 1 fully saturated rings. The molecule has 146 valence electrons. The third kappa shape index (κ3) is 5.97. The summed E-state index contributed by atoms with van der Waals surface area (Å²) in [5, 5.41) is 5.25. The number of likely N-dealkylation sites (tertiary alicyclic amines) is 1. The first-order valence-electron chi connectivity index (χ1n) is 9.50. The van der Waals surface area contributed by atoms with Crippen LogP contribution in [0, 0.1) is 5.92 Å². The molecule has 1 aliphatic rings. The van der Waals surface area contributed by atoms with Crippen LogP contribution in [0.3, 0.4) is 0 Å². The van der Waals surface area contributed by atoms with Crippen LogP contribution < -0.4 is 10.1 Å². The van der Waals surface area contributed by atoms with Crippen molar-refractivity contribution >= 4 is 17.4 Å². The number of urea groups is 1. The molecule has 2 amide bonds. The monoisotopic (exact) mass is 387 g/mol. The van der Waals surface area contributed by atoms with Crippen molar-refractivity contribution in [2.75, 3.05) is 33.8 Å². The largest absolute Gasteiger partial charge is 0.497 e. The summed E-state index contributed by atoms with van der Waals surface area (Å²) >= 11 is 1.82. The van der Waals surface area contributed by atoms with Crippen LogP contribution in [0.4, 0.5) is 4.79 Å². The predicted molar refractivity (Wildman–Crippen MR) is 110 cm³/mol. The molecule has 0 saturated carbocycles. The number of benzene rings is 1. The summed E-state index contributed by atoms with van der Waals surface area (Å²) in [4.78, 5) is 18.1. The van der Waals surface area contributed by atoms with Crippen molar-refractivity contribution in [2.24, 2.45) is 5.92 Å². The van der Waals surface area contributed by atoms with Gasteiger partial charge in [-0.1, -0.05) is 18.2 Å². The third-order valence-electron chi connectivity index (χ3n) is 5.03. The highest BCUT2D eigenvalue weighted by molar-refractivity contribution is 7.09. The molecule has 27 heavy (non-hydrogen) atoms. The molecule has 3 rings (SSSR count). The maximum absolute atomic E-state index is 12.4. The van der Waals surface area contributed by atoms with Crippen LogP contribution >= 0.6 is 11.3 Å². The zero-order valence-corrected chi connectivity index (χ0v) is 17.0. The maximum Gasteiger partial charge on any atom is 0.317 e. The molecule has 1 saturated heterocycles. The summed E-state index contributed by atoms with van der Waals surface area (Å²) < 4.78 is 5.17. The Morgan fingerprint density at radius 1 is 1.33 bits per heavy atom. The Morgan fingerprint density at radius 2 is 2.15 bits per heavy atom. The number of hydrogen-bond acceptors (Lipinski definition) is 4. The SMILES string of the molecule is COc1ccc(CN(C)C(=O)NCC2CCCN(Cc3cccs3)C2)cc1. The highest BCUT2D eigenvalue weighted by atomic mass is 32.1. The van der Waals surface area contributed by atoms with E-state index in [4.69, 9.17) is 4.74 Å². The van der Waals surface area contributed by atoms with Gasteiger partial charge in [0, 0.05) is 38.1 Å². The zero-order chi connectivity index (χ0) is 19.1. The number of hydrogen-bond donors (Lipinski definition) is 1. The van der Waals surface area contributed by atoms with E-state index in [9.17, 15) is 4.79 Å². The lowest BCUT2D eigenvalue weighted by atomic mass is 9.98. The normalized spacial score (nSPS) is 17.5. The van der Waals surface area contributed by atoms with Gasteiger partial charge in [-0.15, -0.1) is 11.3 Å². The van der Waals surface area contributed by atoms with Crippen molar-refractivity contribution in [3.63, 3.8) is 0 Å². The minimum Gasteiger partial charge on any atom is -0.497 e. The Bertz CT molecular complexity index is 703. The topological polar surface area (TPSA) is 44.8 Å². The van der Waals surface area contributed by atoms with E-state index in [1.165, 1.54) is 17.7 Å². The number of amides is 2. The molecule has 0 spiro atoms. The van der Waals surface area contributed by atoms with Crippen LogP contribution in [-0.4, -0.2) is 49.6 Å². The maximum atomic E-state index is 12.4. The minimum atomic E-state index is -0.0128. The fourth-order valence-corrected chi connectivity index (χ4v) is 4.27. The first-order chi connectivity index (χ1) is 13.1. The second kappa shape index (κ2) is 9.76. The van der Waals surface area contributed by atoms with Crippen molar-refractivity contribution in [1.29, 1.82) is 0 Å². The van der Waals surface area contributed by atoms with E-state index < -0.39 is 0 Å². The first-order valence-corrected chi connectivity index (χ1v) is 10.4. The zero-order valence-electron chi connectivity index (χ0n) is 16.2. The van der Waals surface area contributed by atoms with Crippen molar-refractivity contribution in [3.05, 3.63) is 52.2 Å². The van der Waals surface area contributed by atoms with E-state index in [0.717, 1.165) is 37.5 Å². The molecule has 2 heterocycles. The van der Waals surface area contributed by atoms with Crippen molar-refractivity contribution in [3.8, 4) is 5.75 Å². The van der Waals surface area contributed by atoms with Gasteiger partial charge in [0.2, 0.25) is 0 Å². The summed E-state index contributed by atoms with van der Waals surface area (Å²) in [6.45, 7) is 4.57. The molecular weight excluding hydrogens is 358 g/mol. The summed E-state index contributed by atoms with van der Waals surface area (Å²) in [6.07, 6.45) is 2.39. The van der Waals surface area contributed by atoms with Crippen LogP contribution in [-0.2, 0) is 13.1 Å². The number of nitrogens with one attached hydrogen (secondary N) is 1. The Hall–Kier alpha value is -2.05. The molecule has 1 aliphatic heterocycles. The molecule has 0 aliphatic carbocycles. The van der Waals surface area contributed by atoms with Crippen molar-refractivity contribution in [1.82, 2.24) is 15.1 Å². The summed E-state index contributed by atoms with van der Waals surface area (Å²) in [7, 11) is 3.49. The molecule has 0 bridgehead atoms. The summed E-state index contributed by atoms with van der Waals surface area (Å²) in [5.74, 6) is 1.35. The van der Waals surface area contributed by atoms with Gasteiger partial charge in [0.1, 0.15) is 5.75 Å². The number of nitrogens with zero attached hydrogens (tertiary/aromatic N) is 2.